The summed E-state index contributed by atoms with van der Waals surface area (Å²) >= 11 is 0. The van der Waals surface area contributed by atoms with Gasteiger partial charge in [-0.2, -0.15) is 0 Å². The van der Waals surface area contributed by atoms with Crippen molar-refractivity contribution in [1.29, 1.82) is 0 Å². The third kappa shape index (κ3) is 4.46. The molecule has 0 spiro atoms. The van der Waals surface area contributed by atoms with E-state index in [9.17, 15) is 4.79 Å². The fraction of sp³-hybridized carbons (Fsp3) is 0.389. The summed E-state index contributed by atoms with van der Waals surface area (Å²) in [5, 5.41) is 2.89. The zero-order valence-electron chi connectivity index (χ0n) is 13.4. The Hall–Kier alpha value is -2.07. The first kappa shape index (κ1) is 16.3. The maximum absolute atomic E-state index is 12.0. The van der Waals surface area contributed by atoms with Gasteiger partial charge < -0.3 is 14.5 Å². The monoisotopic (exact) mass is 301 g/mol. The van der Waals surface area contributed by atoms with Crippen LogP contribution in [0.4, 0.5) is 0 Å². The molecule has 0 aliphatic carbocycles. The second-order valence-electron chi connectivity index (χ2n) is 5.36. The lowest BCUT2D eigenvalue weighted by Crippen LogP contribution is -2.25. The van der Waals surface area contributed by atoms with Gasteiger partial charge >= 0.3 is 0 Å². The molecule has 2 aromatic rings. The molecule has 0 aliphatic heterocycles. The van der Waals surface area contributed by atoms with Crippen molar-refractivity contribution in [3.8, 4) is 0 Å². The van der Waals surface area contributed by atoms with E-state index >= 15 is 0 Å². The number of carbonyl (C=O) groups is 1. The topological polar surface area (TPSA) is 51.5 Å². The van der Waals surface area contributed by atoms with E-state index in [1.807, 2.05) is 32.0 Å². The van der Waals surface area contributed by atoms with E-state index in [-0.39, 0.29) is 12.0 Å². The zero-order chi connectivity index (χ0) is 15.9. The van der Waals surface area contributed by atoms with E-state index in [2.05, 4.69) is 17.4 Å². The van der Waals surface area contributed by atoms with Crippen LogP contribution in [-0.2, 0) is 4.74 Å². The number of benzene rings is 1. The minimum atomic E-state index is -0.0922. The Morgan fingerprint density at radius 1 is 1.27 bits per heavy atom. The van der Waals surface area contributed by atoms with Crippen LogP contribution in [-0.4, -0.2) is 19.1 Å². The molecule has 1 atom stereocenters. The molecule has 0 radical (unpaired) electrons. The molecule has 1 N–H and O–H groups in total. The van der Waals surface area contributed by atoms with E-state index in [4.69, 9.17) is 9.15 Å². The first-order valence-electron chi connectivity index (χ1n) is 7.59. The Morgan fingerprint density at radius 2 is 2.00 bits per heavy atom. The highest BCUT2D eigenvalue weighted by molar-refractivity contribution is 5.95. The summed E-state index contributed by atoms with van der Waals surface area (Å²) in [6.45, 7) is 6.87. The van der Waals surface area contributed by atoms with Crippen LogP contribution in [0, 0.1) is 13.8 Å². The zero-order valence-corrected chi connectivity index (χ0v) is 13.4. The molecule has 22 heavy (non-hydrogen) atoms. The molecule has 0 fully saturated rings. The highest BCUT2D eigenvalue weighted by Gasteiger charge is 2.12. The summed E-state index contributed by atoms with van der Waals surface area (Å²) in [4.78, 5) is 12.0. The lowest BCUT2D eigenvalue weighted by Gasteiger charge is -2.13. The van der Waals surface area contributed by atoms with Gasteiger partial charge in [-0.05, 0) is 38.8 Å². The second-order valence-corrected chi connectivity index (χ2v) is 5.36. The van der Waals surface area contributed by atoms with Gasteiger partial charge in [0.25, 0.3) is 5.91 Å². The largest absolute Gasteiger partial charge is 0.466 e. The number of ether oxygens (including phenoxy) is 1. The third-order valence-corrected chi connectivity index (χ3v) is 3.53. The molecule has 1 aromatic carbocycles. The summed E-state index contributed by atoms with van der Waals surface area (Å²) in [5.41, 5.74) is 1.77. The van der Waals surface area contributed by atoms with Gasteiger partial charge in [0.15, 0.2) is 0 Å². The molecule has 0 unspecified atom stereocenters. The van der Waals surface area contributed by atoms with Crippen LogP contribution in [0.1, 0.15) is 46.9 Å². The summed E-state index contributed by atoms with van der Waals surface area (Å²) in [7, 11) is 0. The van der Waals surface area contributed by atoms with Crippen LogP contribution in [0.15, 0.2) is 40.8 Å². The molecule has 2 rings (SSSR count). The lowest BCUT2D eigenvalue weighted by atomic mass is 10.1. The van der Waals surface area contributed by atoms with E-state index in [0.717, 1.165) is 17.7 Å². The van der Waals surface area contributed by atoms with Gasteiger partial charge in [-0.1, -0.05) is 30.3 Å². The van der Waals surface area contributed by atoms with Gasteiger partial charge in [-0.25, -0.2) is 0 Å². The molecule has 0 bridgehead atoms. The Bertz CT molecular complexity index is 604. The minimum absolute atomic E-state index is 0.0654. The number of carbonyl (C=O) groups excluding carboxylic acids is 1. The molecule has 118 valence electrons. The van der Waals surface area contributed by atoms with Gasteiger partial charge in [0.1, 0.15) is 11.5 Å². The first-order chi connectivity index (χ1) is 10.6. The smallest absolute Gasteiger partial charge is 0.254 e. The molecular formula is C18H23NO3. The Labute approximate surface area is 131 Å². The number of aryl methyl sites for hydroxylation is 2. The number of furan rings is 1. The number of hydrogen-bond acceptors (Lipinski definition) is 3. The molecule has 0 saturated heterocycles. The van der Waals surface area contributed by atoms with Crippen molar-refractivity contribution < 1.29 is 13.9 Å². The van der Waals surface area contributed by atoms with Gasteiger partial charge in [0.05, 0.1) is 11.7 Å². The van der Waals surface area contributed by atoms with Crippen LogP contribution in [0.2, 0.25) is 0 Å². The highest BCUT2D eigenvalue weighted by atomic mass is 16.5. The third-order valence-electron chi connectivity index (χ3n) is 3.53. The minimum Gasteiger partial charge on any atom is -0.466 e. The number of hydrogen-bond donors (Lipinski definition) is 1. The van der Waals surface area contributed by atoms with Crippen LogP contribution in [0.5, 0.6) is 0 Å². The second kappa shape index (κ2) is 7.80. The average molecular weight is 301 g/mol. The van der Waals surface area contributed by atoms with E-state index < -0.39 is 0 Å². The summed E-state index contributed by atoms with van der Waals surface area (Å²) in [6.07, 6.45) is 0.842. The van der Waals surface area contributed by atoms with E-state index in [1.165, 1.54) is 0 Å². The highest BCUT2D eigenvalue weighted by Crippen LogP contribution is 2.16. The van der Waals surface area contributed by atoms with Gasteiger partial charge in [-0.15, -0.1) is 0 Å². The predicted molar refractivity (Wildman–Crippen MR) is 85.9 cm³/mol. The number of amides is 1. The molecule has 0 saturated carbocycles. The van der Waals surface area contributed by atoms with Gasteiger partial charge in [0.2, 0.25) is 0 Å². The average Bonchev–Trinajstić information content (AvgIpc) is 2.86. The molecule has 4 heteroatoms. The summed E-state index contributed by atoms with van der Waals surface area (Å²) in [6, 6.07) is 11.9. The molecule has 0 aliphatic rings. The maximum atomic E-state index is 12.0. The van der Waals surface area contributed by atoms with Crippen molar-refractivity contribution in [3.05, 3.63) is 59.0 Å². The molecule has 1 aromatic heterocycles. The quantitative estimate of drug-likeness (QED) is 0.791. The fourth-order valence-corrected chi connectivity index (χ4v) is 2.31. The van der Waals surface area contributed by atoms with E-state index in [0.29, 0.717) is 24.5 Å². The Kier molecular flexibility index (Phi) is 5.78. The molecule has 1 heterocycles. The molecule has 1 amide bonds. The van der Waals surface area contributed by atoms with Crippen molar-refractivity contribution in [3.63, 3.8) is 0 Å². The van der Waals surface area contributed by atoms with Gasteiger partial charge in [-0.3, -0.25) is 4.79 Å². The predicted octanol–water partition coefficient (Wildman–Crippen LogP) is 3.79. The van der Waals surface area contributed by atoms with Crippen LogP contribution < -0.4 is 5.32 Å². The van der Waals surface area contributed by atoms with Crippen LogP contribution >= 0.6 is 0 Å². The number of rotatable bonds is 7. The van der Waals surface area contributed by atoms with Crippen molar-refractivity contribution >= 4 is 5.91 Å². The first-order valence-corrected chi connectivity index (χ1v) is 7.59. The summed E-state index contributed by atoms with van der Waals surface area (Å²) < 4.78 is 11.1. The van der Waals surface area contributed by atoms with Gasteiger partial charge in [0, 0.05) is 13.2 Å². The Morgan fingerprint density at radius 3 is 2.64 bits per heavy atom. The standard InChI is InChI=1S/C18H23NO3/c1-13-12-17(15(3)22-13)18(20)19-10-7-11-21-14(2)16-8-5-4-6-9-16/h4-6,8-9,12,14H,7,10-11H2,1-3H3,(H,19,20)/t14-/m1/s1. The fourth-order valence-electron chi connectivity index (χ4n) is 2.31. The molecule has 4 nitrogen and oxygen atoms in total. The van der Waals surface area contributed by atoms with Crippen LogP contribution in [0.3, 0.4) is 0 Å². The van der Waals surface area contributed by atoms with Crippen molar-refractivity contribution in [2.75, 3.05) is 13.2 Å². The van der Waals surface area contributed by atoms with Crippen molar-refractivity contribution in [1.82, 2.24) is 5.32 Å². The van der Waals surface area contributed by atoms with Crippen molar-refractivity contribution in [2.24, 2.45) is 0 Å². The molecular weight excluding hydrogens is 278 g/mol. The lowest BCUT2D eigenvalue weighted by molar-refractivity contribution is 0.0635. The van der Waals surface area contributed by atoms with Crippen LogP contribution in [0.25, 0.3) is 0 Å². The number of nitrogens with one attached hydrogen (secondary N) is 1. The normalized spacial score (nSPS) is 12.1. The summed E-state index contributed by atoms with van der Waals surface area (Å²) in [5.74, 6) is 1.32. The maximum Gasteiger partial charge on any atom is 0.254 e. The van der Waals surface area contributed by atoms with Crippen molar-refractivity contribution in [2.45, 2.75) is 33.3 Å². The Balaban J connectivity index is 1.67. The SMILES string of the molecule is Cc1cc(C(=O)NCCCO[C@H](C)c2ccccc2)c(C)o1. The van der Waals surface area contributed by atoms with E-state index in [1.54, 1.807) is 13.0 Å².